The van der Waals surface area contributed by atoms with Gasteiger partial charge in [0.1, 0.15) is 10.6 Å². The predicted octanol–water partition coefficient (Wildman–Crippen LogP) is 4.46. The van der Waals surface area contributed by atoms with Gasteiger partial charge < -0.3 is 4.74 Å². The molecule has 3 heteroatoms. The van der Waals surface area contributed by atoms with Gasteiger partial charge >= 0.3 is 0 Å². The molecular weight excluding hydrogens is 230 g/mol. The molecule has 0 atom stereocenters. The van der Waals surface area contributed by atoms with Crippen molar-refractivity contribution < 1.29 is 4.74 Å². The van der Waals surface area contributed by atoms with Crippen molar-refractivity contribution >= 4 is 11.3 Å². The molecule has 1 aliphatic carbocycles. The molecule has 96 valence electrons. The van der Waals surface area contributed by atoms with Crippen molar-refractivity contribution in [2.75, 3.05) is 7.11 Å². The van der Waals surface area contributed by atoms with Crippen LogP contribution in [0.15, 0.2) is 6.20 Å². The van der Waals surface area contributed by atoms with Crippen molar-refractivity contribution in [3.05, 3.63) is 16.1 Å². The molecule has 1 aliphatic rings. The standard InChI is InChI=1S/C14H23NOS/c1-11(2)12-10-15-13(17-12)14(16-3)8-6-4-5-7-9-14/h10-11H,4-9H2,1-3H3. The van der Waals surface area contributed by atoms with E-state index in [4.69, 9.17) is 4.74 Å². The molecular formula is C14H23NOS. The van der Waals surface area contributed by atoms with E-state index in [2.05, 4.69) is 18.8 Å². The van der Waals surface area contributed by atoms with Gasteiger partial charge in [0.2, 0.25) is 0 Å². The molecule has 0 aliphatic heterocycles. The van der Waals surface area contributed by atoms with E-state index in [0.29, 0.717) is 5.92 Å². The van der Waals surface area contributed by atoms with Crippen molar-refractivity contribution in [1.29, 1.82) is 0 Å². The summed E-state index contributed by atoms with van der Waals surface area (Å²) in [5.74, 6) is 0.570. The Labute approximate surface area is 108 Å². The molecule has 1 aromatic rings. The van der Waals surface area contributed by atoms with E-state index in [1.807, 2.05) is 24.6 Å². The Bertz CT molecular complexity index is 351. The summed E-state index contributed by atoms with van der Waals surface area (Å²) in [4.78, 5) is 6.01. The smallest absolute Gasteiger partial charge is 0.125 e. The normalized spacial score (nSPS) is 20.5. The van der Waals surface area contributed by atoms with Crippen LogP contribution in [0.4, 0.5) is 0 Å². The molecule has 0 amide bonds. The average molecular weight is 253 g/mol. The molecule has 2 nitrogen and oxygen atoms in total. The number of methoxy groups -OCH3 is 1. The Morgan fingerprint density at radius 3 is 2.35 bits per heavy atom. The first kappa shape index (κ1) is 13.0. The van der Waals surface area contributed by atoms with E-state index >= 15 is 0 Å². The summed E-state index contributed by atoms with van der Waals surface area (Å²) in [6.45, 7) is 4.45. The van der Waals surface area contributed by atoms with Crippen LogP contribution in [0.5, 0.6) is 0 Å². The maximum atomic E-state index is 5.89. The van der Waals surface area contributed by atoms with Gasteiger partial charge in [0.25, 0.3) is 0 Å². The summed E-state index contributed by atoms with van der Waals surface area (Å²) in [5, 5.41) is 1.20. The minimum atomic E-state index is -0.0890. The highest BCUT2D eigenvalue weighted by Crippen LogP contribution is 2.41. The maximum Gasteiger partial charge on any atom is 0.125 e. The number of hydrogen-bond acceptors (Lipinski definition) is 3. The highest BCUT2D eigenvalue weighted by molar-refractivity contribution is 7.11. The molecule has 0 spiro atoms. The highest BCUT2D eigenvalue weighted by Gasteiger charge is 2.35. The number of ether oxygens (including phenoxy) is 1. The summed E-state index contributed by atoms with van der Waals surface area (Å²) in [7, 11) is 1.85. The van der Waals surface area contributed by atoms with Crippen molar-refractivity contribution in [3.8, 4) is 0 Å². The van der Waals surface area contributed by atoms with Crippen molar-refractivity contribution in [1.82, 2.24) is 4.98 Å². The van der Waals surface area contributed by atoms with E-state index in [1.165, 1.54) is 35.6 Å². The van der Waals surface area contributed by atoms with Crippen LogP contribution in [0.3, 0.4) is 0 Å². The maximum absolute atomic E-state index is 5.89. The number of rotatable bonds is 3. The Hall–Kier alpha value is -0.410. The second kappa shape index (κ2) is 5.49. The first-order chi connectivity index (χ1) is 8.18. The third-order valence-corrected chi connectivity index (χ3v) is 5.27. The second-order valence-corrected chi connectivity index (χ2v) is 6.40. The second-order valence-electron chi connectivity index (χ2n) is 5.34. The zero-order chi connectivity index (χ0) is 12.3. The van der Waals surface area contributed by atoms with E-state index in [-0.39, 0.29) is 5.60 Å². The monoisotopic (exact) mass is 253 g/mol. The molecule has 1 aromatic heterocycles. The summed E-state index contributed by atoms with van der Waals surface area (Å²) >= 11 is 1.84. The van der Waals surface area contributed by atoms with Crippen LogP contribution < -0.4 is 0 Å². The van der Waals surface area contributed by atoms with Gasteiger partial charge in [0.05, 0.1) is 0 Å². The van der Waals surface area contributed by atoms with Gasteiger partial charge in [-0.1, -0.05) is 39.5 Å². The molecule has 0 N–H and O–H groups in total. The van der Waals surface area contributed by atoms with E-state index in [9.17, 15) is 0 Å². The number of hydrogen-bond donors (Lipinski definition) is 0. The zero-order valence-corrected chi connectivity index (χ0v) is 12.0. The van der Waals surface area contributed by atoms with Crippen LogP contribution in [-0.4, -0.2) is 12.1 Å². The fraction of sp³-hybridized carbons (Fsp3) is 0.786. The fourth-order valence-electron chi connectivity index (χ4n) is 2.57. The van der Waals surface area contributed by atoms with Crippen molar-refractivity contribution in [3.63, 3.8) is 0 Å². The molecule has 17 heavy (non-hydrogen) atoms. The Balaban J connectivity index is 2.25. The lowest BCUT2D eigenvalue weighted by Crippen LogP contribution is -2.27. The van der Waals surface area contributed by atoms with Gasteiger partial charge in [0, 0.05) is 18.2 Å². The lowest BCUT2D eigenvalue weighted by Gasteiger charge is -2.29. The van der Waals surface area contributed by atoms with Crippen LogP contribution in [0, 0.1) is 0 Å². The molecule has 0 radical (unpaired) electrons. The molecule has 0 aromatic carbocycles. The van der Waals surface area contributed by atoms with E-state index in [0.717, 1.165) is 12.8 Å². The van der Waals surface area contributed by atoms with Crippen molar-refractivity contribution in [2.24, 2.45) is 0 Å². The summed E-state index contributed by atoms with van der Waals surface area (Å²) in [6, 6.07) is 0. The topological polar surface area (TPSA) is 22.1 Å². The Morgan fingerprint density at radius 1 is 1.24 bits per heavy atom. The van der Waals surface area contributed by atoms with Crippen molar-refractivity contribution in [2.45, 2.75) is 63.9 Å². The SMILES string of the molecule is COC1(c2ncc(C(C)C)s2)CCCCCC1. The van der Waals surface area contributed by atoms with Gasteiger partial charge in [-0.3, -0.25) is 0 Å². The molecule has 0 bridgehead atoms. The molecule has 0 saturated heterocycles. The first-order valence-electron chi connectivity index (χ1n) is 6.69. The van der Waals surface area contributed by atoms with Crippen LogP contribution in [-0.2, 0) is 10.3 Å². The highest BCUT2D eigenvalue weighted by atomic mass is 32.1. The number of thiazole rings is 1. The molecule has 1 heterocycles. The summed E-state index contributed by atoms with van der Waals surface area (Å²) < 4.78 is 5.89. The zero-order valence-electron chi connectivity index (χ0n) is 11.2. The van der Waals surface area contributed by atoms with Gasteiger partial charge in [-0.25, -0.2) is 4.98 Å². The Morgan fingerprint density at radius 2 is 1.88 bits per heavy atom. The molecule has 2 rings (SSSR count). The summed E-state index contributed by atoms with van der Waals surface area (Å²) in [6.07, 6.45) is 9.52. The molecule has 1 fully saturated rings. The lowest BCUT2D eigenvalue weighted by atomic mass is 9.95. The van der Waals surface area contributed by atoms with Gasteiger partial charge in [0.15, 0.2) is 0 Å². The lowest BCUT2D eigenvalue weighted by molar-refractivity contribution is -0.0279. The van der Waals surface area contributed by atoms with Crippen LogP contribution in [0.2, 0.25) is 0 Å². The van der Waals surface area contributed by atoms with Gasteiger partial charge in [-0.05, 0) is 18.8 Å². The van der Waals surface area contributed by atoms with Crippen LogP contribution in [0.25, 0.3) is 0 Å². The minimum Gasteiger partial charge on any atom is -0.371 e. The summed E-state index contributed by atoms with van der Waals surface area (Å²) in [5.41, 5.74) is -0.0890. The molecule has 0 unspecified atom stereocenters. The van der Waals surface area contributed by atoms with Crippen LogP contribution in [0.1, 0.15) is 68.2 Å². The van der Waals surface area contributed by atoms with Gasteiger partial charge in [-0.15, -0.1) is 11.3 Å². The predicted molar refractivity (Wildman–Crippen MR) is 72.6 cm³/mol. The van der Waals surface area contributed by atoms with Gasteiger partial charge in [-0.2, -0.15) is 0 Å². The van der Waals surface area contributed by atoms with E-state index < -0.39 is 0 Å². The Kier molecular flexibility index (Phi) is 4.21. The fourth-order valence-corrected chi connectivity index (χ4v) is 3.71. The number of aromatic nitrogens is 1. The van der Waals surface area contributed by atoms with Crippen LogP contribution >= 0.6 is 11.3 Å². The molecule has 1 saturated carbocycles. The van der Waals surface area contributed by atoms with E-state index in [1.54, 1.807) is 0 Å². The first-order valence-corrected chi connectivity index (χ1v) is 7.51. The third kappa shape index (κ3) is 2.71. The average Bonchev–Trinajstić information content (AvgIpc) is 2.70. The quantitative estimate of drug-likeness (QED) is 0.742. The largest absolute Gasteiger partial charge is 0.371 e. The third-order valence-electron chi connectivity index (χ3n) is 3.78. The minimum absolute atomic E-state index is 0.0890. The number of nitrogens with zero attached hydrogens (tertiary/aromatic N) is 1.